The minimum atomic E-state index is -5.42. The number of carbonyl (C=O) groups is 2. The van der Waals surface area contributed by atoms with E-state index >= 15 is 0 Å². The van der Waals surface area contributed by atoms with Crippen LogP contribution in [-0.2, 0) is 15.0 Å². The summed E-state index contributed by atoms with van der Waals surface area (Å²) in [4.78, 5) is 37.0. The summed E-state index contributed by atoms with van der Waals surface area (Å²) in [5.41, 5.74) is 1.63. The Bertz CT molecular complexity index is 1340. The van der Waals surface area contributed by atoms with E-state index in [1.165, 1.54) is 12.3 Å². The van der Waals surface area contributed by atoms with Crippen molar-refractivity contribution in [3.05, 3.63) is 36.0 Å². The molecule has 2 aromatic rings. The Morgan fingerprint density at radius 2 is 1.85 bits per heavy atom. The van der Waals surface area contributed by atoms with Gasteiger partial charge in [0.15, 0.2) is 5.37 Å². The van der Waals surface area contributed by atoms with Crippen molar-refractivity contribution in [2.75, 3.05) is 70.9 Å². The van der Waals surface area contributed by atoms with E-state index in [1.807, 2.05) is 19.2 Å². The number of likely N-dealkylation sites (N-methyl/N-ethyl adjacent to an activating group) is 1. The monoisotopic (exact) mass is 584 g/mol. The summed E-state index contributed by atoms with van der Waals surface area (Å²) in [6, 6.07) is 6.99. The van der Waals surface area contributed by atoms with Crippen LogP contribution < -0.4 is 10.2 Å². The van der Waals surface area contributed by atoms with Gasteiger partial charge in [0, 0.05) is 57.0 Å². The molecule has 2 fully saturated rings. The third kappa shape index (κ3) is 7.21. The van der Waals surface area contributed by atoms with Crippen LogP contribution in [0.3, 0.4) is 0 Å². The number of anilines is 1. The highest BCUT2D eigenvalue weighted by atomic mass is 32.3. The number of nitrogens with one attached hydrogen (secondary N) is 1. The van der Waals surface area contributed by atoms with Crippen LogP contribution in [0.15, 0.2) is 30.5 Å². The van der Waals surface area contributed by atoms with E-state index in [4.69, 9.17) is 0 Å². The number of hydrogen-bond acceptors (Lipinski definition) is 8. The lowest BCUT2D eigenvalue weighted by Gasteiger charge is -2.34. The molecule has 2 amide bonds. The molecule has 14 heteroatoms. The smallest absolute Gasteiger partial charge is 0.323 e. The van der Waals surface area contributed by atoms with Gasteiger partial charge in [-0.25, -0.2) is 8.78 Å². The van der Waals surface area contributed by atoms with Gasteiger partial charge in [0.1, 0.15) is 0 Å². The fourth-order valence-electron chi connectivity index (χ4n) is 5.19. The highest BCUT2D eigenvalue weighted by Crippen LogP contribution is 2.35. The van der Waals surface area contributed by atoms with Crippen LogP contribution in [-0.4, -0.2) is 117 Å². The number of rotatable bonds is 10. The third-order valence-electron chi connectivity index (χ3n) is 7.56. The quantitative estimate of drug-likeness (QED) is 0.423. The maximum Gasteiger partial charge on any atom is 0.323 e. The summed E-state index contributed by atoms with van der Waals surface area (Å²) >= 11 is 0. The Hall–Kier alpha value is -2.97. The fourth-order valence-corrected chi connectivity index (χ4v) is 6.13. The minimum Gasteiger partial charge on any atom is -0.375 e. The number of pyridine rings is 1. The van der Waals surface area contributed by atoms with Gasteiger partial charge in [-0.05, 0) is 43.8 Å². The zero-order valence-electron chi connectivity index (χ0n) is 22.7. The Labute approximate surface area is 232 Å². The molecule has 3 heterocycles. The first kappa shape index (κ1) is 30.0. The maximum absolute atomic E-state index is 13.7. The summed E-state index contributed by atoms with van der Waals surface area (Å²) in [6.45, 7) is 7.32. The summed E-state index contributed by atoms with van der Waals surface area (Å²) in [5, 5.41) is 0.598. The molecule has 2 aliphatic heterocycles. The minimum absolute atomic E-state index is 0.211. The number of benzene rings is 1. The number of nitrogens with zero attached hydrogens (tertiary/aromatic N) is 5. The van der Waals surface area contributed by atoms with Gasteiger partial charge in [0.2, 0.25) is 5.91 Å². The second-order valence-electron chi connectivity index (χ2n) is 10.3. The van der Waals surface area contributed by atoms with Gasteiger partial charge in [0.05, 0.1) is 30.6 Å². The fraction of sp³-hybridized carbons (Fsp3) is 0.577. The van der Waals surface area contributed by atoms with Crippen LogP contribution in [0.1, 0.15) is 30.1 Å². The molecule has 1 N–H and O–H groups in total. The molecule has 10 nitrogen and oxygen atoms in total. The number of alkyl halides is 2. The van der Waals surface area contributed by atoms with Crippen molar-refractivity contribution in [3.8, 4) is 0 Å². The molecule has 2 saturated heterocycles. The molecule has 40 heavy (non-hydrogen) atoms. The van der Waals surface area contributed by atoms with E-state index in [1.54, 1.807) is 6.07 Å². The lowest BCUT2D eigenvalue weighted by atomic mass is 10.1. The normalized spacial score (nSPS) is 20.1. The van der Waals surface area contributed by atoms with Gasteiger partial charge in [-0.15, -0.1) is 3.89 Å². The van der Waals surface area contributed by atoms with Crippen molar-refractivity contribution in [2.24, 2.45) is 0 Å². The standard InChI is InChI=1S/C26H35F3N6O4S/c1-3-33-11-13-34(14-12-33)10-4-9-32(2)19-5-6-22-21(15-19)20(7-8-30-22)25(37)31-17-23(36)35-18-26(27,28)16-24(35)40(29,38)39/h5-8,15,24H,3-4,9-14,16-18H2,1-2H3,(H,31,37). The molecule has 1 aromatic heterocycles. The lowest BCUT2D eigenvalue weighted by Crippen LogP contribution is -2.46. The number of fused-ring (bicyclic) bond motifs is 1. The first-order valence-electron chi connectivity index (χ1n) is 13.3. The largest absolute Gasteiger partial charge is 0.375 e. The highest BCUT2D eigenvalue weighted by molar-refractivity contribution is 7.87. The van der Waals surface area contributed by atoms with E-state index in [-0.39, 0.29) is 10.5 Å². The Morgan fingerprint density at radius 1 is 1.15 bits per heavy atom. The molecule has 2 aliphatic rings. The molecule has 0 aliphatic carbocycles. The molecular weight excluding hydrogens is 549 g/mol. The van der Waals surface area contributed by atoms with Gasteiger partial charge in [0.25, 0.3) is 11.8 Å². The number of amides is 2. The number of piperazine rings is 1. The van der Waals surface area contributed by atoms with Crippen molar-refractivity contribution in [2.45, 2.75) is 31.1 Å². The van der Waals surface area contributed by atoms with Gasteiger partial charge < -0.3 is 24.9 Å². The first-order chi connectivity index (χ1) is 18.9. The molecule has 1 aromatic carbocycles. The van der Waals surface area contributed by atoms with E-state index in [2.05, 4.69) is 31.9 Å². The van der Waals surface area contributed by atoms with Crippen LogP contribution in [0, 0.1) is 0 Å². The predicted octanol–water partition coefficient (Wildman–Crippen LogP) is 1.92. The summed E-state index contributed by atoms with van der Waals surface area (Å²) in [6.07, 6.45) is 1.08. The molecule has 0 saturated carbocycles. The van der Waals surface area contributed by atoms with Gasteiger partial charge in [-0.2, -0.15) is 8.42 Å². The second-order valence-corrected chi connectivity index (χ2v) is 11.8. The highest BCUT2D eigenvalue weighted by Gasteiger charge is 2.52. The number of carbonyl (C=O) groups excluding carboxylic acids is 2. The lowest BCUT2D eigenvalue weighted by molar-refractivity contribution is -0.131. The molecule has 220 valence electrons. The molecule has 1 atom stereocenters. The predicted molar refractivity (Wildman–Crippen MR) is 146 cm³/mol. The average Bonchev–Trinajstić information content (AvgIpc) is 3.27. The number of halogens is 3. The summed E-state index contributed by atoms with van der Waals surface area (Å²) in [5.74, 6) is -5.33. The van der Waals surface area contributed by atoms with E-state index in [0.717, 1.165) is 57.9 Å². The van der Waals surface area contributed by atoms with Crippen molar-refractivity contribution >= 4 is 38.6 Å². The second kappa shape index (κ2) is 12.3. The van der Waals surface area contributed by atoms with Crippen LogP contribution in [0.4, 0.5) is 18.4 Å². The van der Waals surface area contributed by atoms with Crippen LogP contribution in [0.5, 0.6) is 0 Å². The first-order valence-corrected chi connectivity index (χ1v) is 14.8. The van der Waals surface area contributed by atoms with E-state index in [0.29, 0.717) is 10.9 Å². The third-order valence-corrected chi connectivity index (χ3v) is 8.63. The number of likely N-dealkylation sites (tertiary alicyclic amines) is 1. The number of hydrogen-bond donors (Lipinski definition) is 1. The van der Waals surface area contributed by atoms with Gasteiger partial charge in [-0.1, -0.05) is 6.92 Å². The topological polar surface area (TPSA) is 106 Å². The SMILES string of the molecule is CCN1CCN(CCCN(C)c2ccc3nccc(C(=O)NCC(=O)N4CC(F)(F)CC4S(=O)(=O)F)c3c2)CC1. The Kier molecular flexibility index (Phi) is 9.20. The molecule has 0 bridgehead atoms. The van der Waals surface area contributed by atoms with E-state index in [9.17, 15) is 30.7 Å². The van der Waals surface area contributed by atoms with E-state index < -0.39 is 52.8 Å². The molecule has 4 rings (SSSR count). The van der Waals surface area contributed by atoms with Crippen LogP contribution in [0.2, 0.25) is 0 Å². The average molecular weight is 585 g/mol. The van der Waals surface area contributed by atoms with Gasteiger partial charge in [-0.3, -0.25) is 14.6 Å². The molecule has 1 unspecified atom stereocenters. The van der Waals surface area contributed by atoms with Crippen molar-refractivity contribution in [1.29, 1.82) is 0 Å². The van der Waals surface area contributed by atoms with Crippen LogP contribution in [0.25, 0.3) is 10.9 Å². The summed E-state index contributed by atoms with van der Waals surface area (Å²) < 4.78 is 63.6. The van der Waals surface area contributed by atoms with Crippen molar-refractivity contribution < 1.29 is 30.7 Å². The zero-order chi connectivity index (χ0) is 29.1. The molecule has 0 radical (unpaired) electrons. The maximum atomic E-state index is 13.7. The van der Waals surface area contributed by atoms with Crippen LogP contribution >= 0.6 is 0 Å². The summed E-state index contributed by atoms with van der Waals surface area (Å²) in [7, 11) is -3.46. The Balaban J connectivity index is 1.38. The molecular formula is C26H35F3N6O4S. The zero-order valence-corrected chi connectivity index (χ0v) is 23.5. The van der Waals surface area contributed by atoms with Gasteiger partial charge >= 0.3 is 10.2 Å². The molecule has 0 spiro atoms. The Morgan fingerprint density at radius 3 is 2.52 bits per heavy atom. The van der Waals surface area contributed by atoms with Crippen molar-refractivity contribution in [3.63, 3.8) is 0 Å². The van der Waals surface area contributed by atoms with Crippen molar-refractivity contribution in [1.82, 2.24) is 25.0 Å². The number of aromatic nitrogens is 1.